The monoisotopic (exact) mass is 323 g/mol. The highest BCUT2D eigenvalue weighted by Crippen LogP contribution is 2.26. The van der Waals surface area contributed by atoms with Crippen LogP contribution < -0.4 is 10.2 Å². The van der Waals surface area contributed by atoms with Crippen LogP contribution in [0.3, 0.4) is 0 Å². The zero-order valence-electron chi connectivity index (χ0n) is 12.7. The van der Waals surface area contributed by atoms with Crippen LogP contribution in [0.2, 0.25) is 0 Å². The highest BCUT2D eigenvalue weighted by atomic mass is 19.1. The van der Waals surface area contributed by atoms with E-state index in [0.717, 1.165) is 0 Å². The Labute approximate surface area is 138 Å². The molecule has 1 N–H and O–H groups in total. The number of hydrogen-bond acceptors (Lipinski definition) is 3. The van der Waals surface area contributed by atoms with Crippen LogP contribution >= 0.6 is 0 Å². The fourth-order valence-electron chi connectivity index (χ4n) is 2.68. The molecular weight excluding hydrogens is 309 g/mol. The third-order valence-corrected chi connectivity index (χ3v) is 3.94. The first-order valence-electron chi connectivity index (χ1n) is 7.44. The predicted octanol–water partition coefficient (Wildman–Crippen LogP) is 2.69. The molecule has 1 heterocycles. The van der Waals surface area contributed by atoms with Gasteiger partial charge < -0.3 is 10.2 Å². The molecule has 1 aliphatic heterocycles. The van der Waals surface area contributed by atoms with Crippen molar-refractivity contribution in [2.45, 2.75) is 6.42 Å². The van der Waals surface area contributed by atoms with Gasteiger partial charge in [-0.3, -0.25) is 9.59 Å². The second-order valence-corrected chi connectivity index (χ2v) is 5.53. The third-order valence-electron chi connectivity index (χ3n) is 3.94. The number of benzene rings is 2. The minimum absolute atomic E-state index is 0.0813. The van der Waals surface area contributed by atoms with Gasteiger partial charge in [0.05, 0.1) is 17.2 Å². The van der Waals surface area contributed by atoms with Crippen molar-refractivity contribution in [1.29, 1.82) is 5.26 Å². The van der Waals surface area contributed by atoms with E-state index in [1.165, 1.54) is 29.2 Å². The standard InChI is InChI=1S/C18H14FN3O2/c19-14-5-7-15(8-6-14)22-11-13(9-17(22)23)18(24)21-16-4-2-1-3-12(16)10-20/h1-8,13H,9,11H2,(H,21,24)/t13-/m0/s1. The zero-order valence-corrected chi connectivity index (χ0v) is 12.7. The lowest BCUT2D eigenvalue weighted by Crippen LogP contribution is -2.28. The molecule has 0 saturated carbocycles. The van der Waals surface area contributed by atoms with Crippen molar-refractivity contribution >= 4 is 23.2 Å². The van der Waals surface area contributed by atoms with Gasteiger partial charge >= 0.3 is 0 Å². The van der Waals surface area contributed by atoms with Crippen LogP contribution in [0.1, 0.15) is 12.0 Å². The Morgan fingerprint density at radius 1 is 1.21 bits per heavy atom. The molecule has 0 bridgehead atoms. The van der Waals surface area contributed by atoms with Crippen molar-refractivity contribution in [2.24, 2.45) is 5.92 Å². The van der Waals surface area contributed by atoms with Crippen molar-refractivity contribution < 1.29 is 14.0 Å². The molecule has 1 atom stereocenters. The fourth-order valence-corrected chi connectivity index (χ4v) is 2.68. The molecular formula is C18H14FN3O2. The Morgan fingerprint density at radius 2 is 1.92 bits per heavy atom. The molecule has 0 spiro atoms. The maximum absolute atomic E-state index is 13.0. The number of carbonyl (C=O) groups excluding carboxylic acids is 2. The van der Waals surface area contributed by atoms with E-state index < -0.39 is 5.92 Å². The Balaban J connectivity index is 1.72. The minimum Gasteiger partial charge on any atom is -0.325 e. The van der Waals surface area contributed by atoms with E-state index in [0.29, 0.717) is 16.9 Å². The molecule has 0 unspecified atom stereocenters. The molecule has 1 fully saturated rings. The highest BCUT2D eigenvalue weighted by molar-refractivity contribution is 6.03. The smallest absolute Gasteiger partial charge is 0.229 e. The number of anilines is 2. The Hall–Kier alpha value is -3.20. The van der Waals surface area contributed by atoms with Crippen LogP contribution in [0.5, 0.6) is 0 Å². The first-order chi connectivity index (χ1) is 11.6. The molecule has 1 aliphatic rings. The molecule has 0 aliphatic carbocycles. The molecule has 24 heavy (non-hydrogen) atoms. The average molecular weight is 323 g/mol. The Morgan fingerprint density at radius 3 is 2.62 bits per heavy atom. The van der Waals surface area contributed by atoms with Gasteiger partial charge in [-0.25, -0.2) is 4.39 Å². The maximum Gasteiger partial charge on any atom is 0.229 e. The SMILES string of the molecule is N#Cc1ccccc1NC(=O)[C@H]1CC(=O)N(c2ccc(F)cc2)C1. The number of hydrogen-bond donors (Lipinski definition) is 1. The van der Waals surface area contributed by atoms with Crippen molar-refractivity contribution in [3.63, 3.8) is 0 Å². The summed E-state index contributed by atoms with van der Waals surface area (Å²) >= 11 is 0. The number of nitrogens with zero attached hydrogens (tertiary/aromatic N) is 2. The van der Waals surface area contributed by atoms with Gasteiger partial charge in [0.15, 0.2) is 0 Å². The number of nitrogens with one attached hydrogen (secondary N) is 1. The van der Waals surface area contributed by atoms with Gasteiger partial charge in [-0.05, 0) is 36.4 Å². The van der Waals surface area contributed by atoms with Crippen LogP contribution in [0, 0.1) is 23.1 Å². The summed E-state index contributed by atoms with van der Waals surface area (Å²) in [7, 11) is 0. The van der Waals surface area contributed by atoms with Crippen LogP contribution in [-0.2, 0) is 9.59 Å². The molecule has 2 amide bonds. The lowest BCUT2D eigenvalue weighted by molar-refractivity contribution is -0.122. The summed E-state index contributed by atoms with van der Waals surface area (Å²) in [5.74, 6) is -1.40. The number of rotatable bonds is 3. The second kappa shape index (κ2) is 6.50. The quantitative estimate of drug-likeness (QED) is 0.944. The van der Waals surface area contributed by atoms with Gasteiger partial charge in [0, 0.05) is 18.7 Å². The molecule has 0 aromatic heterocycles. The van der Waals surface area contributed by atoms with Crippen LogP contribution in [-0.4, -0.2) is 18.4 Å². The van der Waals surface area contributed by atoms with Gasteiger partial charge in [0.2, 0.25) is 11.8 Å². The highest BCUT2D eigenvalue weighted by Gasteiger charge is 2.35. The normalized spacial score (nSPS) is 16.8. The minimum atomic E-state index is -0.519. The lowest BCUT2D eigenvalue weighted by atomic mass is 10.1. The number of para-hydroxylation sites is 1. The van der Waals surface area contributed by atoms with E-state index in [1.54, 1.807) is 24.3 Å². The predicted molar refractivity (Wildman–Crippen MR) is 86.6 cm³/mol. The maximum atomic E-state index is 13.0. The number of carbonyl (C=O) groups is 2. The van der Waals surface area contributed by atoms with Gasteiger partial charge in [-0.15, -0.1) is 0 Å². The number of halogens is 1. The molecule has 5 nitrogen and oxygen atoms in total. The molecule has 3 rings (SSSR count). The van der Waals surface area contributed by atoms with Crippen molar-refractivity contribution in [3.8, 4) is 6.07 Å². The van der Waals surface area contributed by atoms with Crippen LogP contribution in [0.4, 0.5) is 15.8 Å². The summed E-state index contributed by atoms with van der Waals surface area (Å²) in [6.07, 6.45) is 0.0813. The molecule has 2 aromatic rings. The van der Waals surface area contributed by atoms with E-state index in [9.17, 15) is 14.0 Å². The average Bonchev–Trinajstić information content (AvgIpc) is 2.98. The first-order valence-corrected chi connectivity index (χ1v) is 7.44. The van der Waals surface area contributed by atoms with E-state index in [2.05, 4.69) is 5.32 Å². The molecule has 0 radical (unpaired) electrons. The Bertz CT molecular complexity index is 827. The summed E-state index contributed by atoms with van der Waals surface area (Å²) < 4.78 is 13.0. The topological polar surface area (TPSA) is 73.2 Å². The van der Waals surface area contributed by atoms with E-state index in [-0.39, 0.29) is 30.6 Å². The van der Waals surface area contributed by atoms with Crippen LogP contribution in [0.25, 0.3) is 0 Å². The molecule has 120 valence electrons. The first kappa shape index (κ1) is 15.7. The molecule has 2 aromatic carbocycles. The fraction of sp³-hybridized carbons (Fsp3) is 0.167. The lowest BCUT2D eigenvalue weighted by Gasteiger charge is -2.16. The van der Waals surface area contributed by atoms with Crippen molar-refractivity contribution in [1.82, 2.24) is 0 Å². The van der Waals surface area contributed by atoms with E-state index >= 15 is 0 Å². The van der Waals surface area contributed by atoms with Crippen molar-refractivity contribution in [2.75, 3.05) is 16.8 Å². The van der Waals surface area contributed by atoms with Gasteiger partial charge in [0.25, 0.3) is 0 Å². The summed E-state index contributed by atoms with van der Waals surface area (Å²) in [5, 5.41) is 11.8. The number of nitriles is 1. The second-order valence-electron chi connectivity index (χ2n) is 5.53. The van der Waals surface area contributed by atoms with Gasteiger partial charge in [0.1, 0.15) is 11.9 Å². The molecule has 6 heteroatoms. The number of amides is 2. The third kappa shape index (κ3) is 3.10. The summed E-state index contributed by atoms with van der Waals surface area (Å²) in [6, 6.07) is 14.3. The van der Waals surface area contributed by atoms with E-state index in [1.807, 2.05) is 6.07 Å². The van der Waals surface area contributed by atoms with Crippen molar-refractivity contribution in [3.05, 3.63) is 59.9 Å². The van der Waals surface area contributed by atoms with E-state index in [4.69, 9.17) is 5.26 Å². The Kier molecular flexibility index (Phi) is 4.25. The summed E-state index contributed by atoms with van der Waals surface area (Å²) in [4.78, 5) is 26.0. The molecule has 1 saturated heterocycles. The van der Waals surface area contributed by atoms with Gasteiger partial charge in [-0.2, -0.15) is 5.26 Å². The largest absolute Gasteiger partial charge is 0.325 e. The zero-order chi connectivity index (χ0) is 17.1. The van der Waals surface area contributed by atoms with Gasteiger partial charge in [-0.1, -0.05) is 12.1 Å². The van der Waals surface area contributed by atoms with Crippen LogP contribution in [0.15, 0.2) is 48.5 Å². The summed E-state index contributed by atoms with van der Waals surface area (Å²) in [6.45, 7) is 0.227. The summed E-state index contributed by atoms with van der Waals surface area (Å²) in [5.41, 5.74) is 1.36.